The van der Waals surface area contributed by atoms with E-state index in [1.54, 1.807) is 18.7 Å². The Bertz CT molecular complexity index is 1130. The lowest BCUT2D eigenvalue weighted by atomic mass is 9.95. The van der Waals surface area contributed by atoms with E-state index in [0.717, 1.165) is 41.4 Å². The van der Waals surface area contributed by atoms with E-state index < -0.39 is 0 Å². The van der Waals surface area contributed by atoms with Crippen molar-refractivity contribution in [3.05, 3.63) is 84.8 Å². The van der Waals surface area contributed by atoms with Gasteiger partial charge in [0.15, 0.2) is 0 Å². The Hall–Kier alpha value is -3.74. The van der Waals surface area contributed by atoms with Crippen molar-refractivity contribution in [3.63, 3.8) is 0 Å². The number of carbonyl (C=O) groups is 1. The highest BCUT2D eigenvalue weighted by molar-refractivity contribution is 5.79. The van der Waals surface area contributed by atoms with Gasteiger partial charge in [-0.3, -0.25) is 9.36 Å². The van der Waals surface area contributed by atoms with E-state index in [9.17, 15) is 4.79 Å². The summed E-state index contributed by atoms with van der Waals surface area (Å²) in [6, 6.07) is 14.1. The lowest BCUT2D eigenvalue weighted by Crippen LogP contribution is -2.35. The second kappa shape index (κ2) is 7.94. The third-order valence-corrected chi connectivity index (χ3v) is 5.54. The number of fused-ring (bicyclic) bond motifs is 1. The van der Waals surface area contributed by atoms with Gasteiger partial charge in [0.05, 0.1) is 0 Å². The number of nitrogens with one attached hydrogen (secondary N) is 1. The Labute approximate surface area is 174 Å². The average molecular weight is 398 g/mol. The van der Waals surface area contributed by atoms with Crippen LogP contribution < -0.4 is 5.32 Å². The van der Waals surface area contributed by atoms with Gasteiger partial charge in [0.2, 0.25) is 5.91 Å². The number of hydrogen-bond donors (Lipinski definition) is 1. The van der Waals surface area contributed by atoms with E-state index in [1.165, 1.54) is 0 Å². The molecule has 1 aliphatic rings. The molecule has 1 amide bonds. The van der Waals surface area contributed by atoms with Crippen molar-refractivity contribution in [3.8, 4) is 17.2 Å². The molecule has 0 spiro atoms. The maximum Gasteiger partial charge on any atom is 0.223 e. The van der Waals surface area contributed by atoms with Gasteiger partial charge >= 0.3 is 0 Å². The van der Waals surface area contributed by atoms with E-state index in [4.69, 9.17) is 0 Å². The van der Waals surface area contributed by atoms with Gasteiger partial charge in [-0.25, -0.2) is 15.0 Å². The third-order valence-electron chi connectivity index (χ3n) is 5.54. The zero-order valence-electron chi connectivity index (χ0n) is 16.5. The number of carbonyl (C=O) groups excluding carboxylic acids is 1. The summed E-state index contributed by atoms with van der Waals surface area (Å²) in [5, 5.41) is 3.06. The van der Waals surface area contributed by atoms with Crippen LogP contribution in [0.2, 0.25) is 0 Å². The fraction of sp³-hybridized carbons (Fsp3) is 0.217. The fourth-order valence-electron chi connectivity index (χ4n) is 3.91. The molecule has 0 fully saturated rings. The summed E-state index contributed by atoms with van der Waals surface area (Å²) in [7, 11) is 0. The van der Waals surface area contributed by atoms with Gasteiger partial charge < -0.3 is 9.88 Å². The summed E-state index contributed by atoms with van der Waals surface area (Å²) < 4.78 is 4.08. The first-order valence-electron chi connectivity index (χ1n) is 10.1. The highest BCUT2D eigenvalue weighted by Crippen LogP contribution is 2.27. The summed E-state index contributed by atoms with van der Waals surface area (Å²) in [6.45, 7) is 1.28. The molecule has 1 atom stereocenters. The molecule has 0 saturated carbocycles. The number of aromatic nitrogens is 5. The van der Waals surface area contributed by atoms with Crippen molar-refractivity contribution in [1.82, 2.24) is 29.4 Å². The van der Waals surface area contributed by atoms with Gasteiger partial charge in [-0.1, -0.05) is 36.4 Å². The maximum absolute atomic E-state index is 12.7. The van der Waals surface area contributed by atoms with Gasteiger partial charge in [-0.2, -0.15) is 0 Å². The van der Waals surface area contributed by atoms with E-state index in [-0.39, 0.29) is 11.8 Å². The fourth-order valence-corrected chi connectivity index (χ4v) is 3.91. The van der Waals surface area contributed by atoms with Crippen LogP contribution in [0.5, 0.6) is 0 Å². The Morgan fingerprint density at radius 3 is 2.77 bits per heavy atom. The number of imidazole rings is 2. The van der Waals surface area contributed by atoms with Crippen LogP contribution in [0.4, 0.5) is 0 Å². The van der Waals surface area contributed by atoms with Gasteiger partial charge in [-0.05, 0) is 18.1 Å². The molecule has 0 radical (unpaired) electrons. The molecule has 7 nitrogen and oxygen atoms in total. The van der Waals surface area contributed by atoms with Gasteiger partial charge in [0, 0.05) is 61.5 Å². The van der Waals surface area contributed by atoms with Crippen LogP contribution in [0.15, 0.2) is 73.6 Å². The van der Waals surface area contributed by atoms with E-state index in [0.29, 0.717) is 13.0 Å². The molecule has 4 heterocycles. The van der Waals surface area contributed by atoms with Crippen molar-refractivity contribution in [1.29, 1.82) is 0 Å². The molecule has 3 aromatic heterocycles. The molecule has 0 saturated heterocycles. The van der Waals surface area contributed by atoms with Crippen LogP contribution >= 0.6 is 0 Å². The predicted octanol–water partition coefficient (Wildman–Crippen LogP) is 3.01. The molecule has 1 N–H and O–H groups in total. The van der Waals surface area contributed by atoms with Crippen molar-refractivity contribution in [2.75, 3.05) is 0 Å². The predicted molar refractivity (Wildman–Crippen MR) is 113 cm³/mol. The van der Waals surface area contributed by atoms with Gasteiger partial charge in [0.1, 0.15) is 18.0 Å². The summed E-state index contributed by atoms with van der Waals surface area (Å²) in [5.41, 5.74) is 3.20. The largest absolute Gasteiger partial charge is 0.352 e. The zero-order valence-corrected chi connectivity index (χ0v) is 16.5. The molecule has 0 aliphatic carbocycles. The number of nitrogens with zero attached hydrogens (tertiary/aromatic N) is 5. The molecule has 1 aliphatic heterocycles. The molecule has 5 rings (SSSR count). The lowest BCUT2D eigenvalue weighted by Gasteiger charge is -2.24. The van der Waals surface area contributed by atoms with E-state index >= 15 is 0 Å². The first-order chi connectivity index (χ1) is 14.8. The topological polar surface area (TPSA) is 77.6 Å². The first kappa shape index (κ1) is 18.3. The van der Waals surface area contributed by atoms with Gasteiger partial charge in [-0.15, -0.1) is 0 Å². The lowest BCUT2D eigenvalue weighted by molar-refractivity contribution is -0.125. The number of benzene rings is 1. The molecular weight excluding hydrogens is 376 g/mol. The Balaban J connectivity index is 1.20. The first-order valence-corrected chi connectivity index (χ1v) is 10.1. The highest BCUT2D eigenvalue weighted by atomic mass is 16.1. The minimum Gasteiger partial charge on any atom is -0.352 e. The molecule has 30 heavy (non-hydrogen) atoms. The second-order valence-electron chi connectivity index (χ2n) is 7.49. The monoisotopic (exact) mass is 398 g/mol. The number of hydrogen-bond acceptors (Lipinski definition) is 4. The molecule has 7 heteroatoms. The van der Waals surface area contributed by atoms with E-state index in [1.807, 2.05) is 47.3 Å². The van der Waals surface area contributed by atoms with Crippen molar-refractivity contribution < 1.29 is 4.79 Å². The summed E-state index contributed by atoms with van der Waals surface area (Å²) in [6.07, 6.45) is 10.5. The van der Waals surface area contributed by atoms with Crippen molar-refractivity contribution in [2.24, 2.45) is 5.92 Å². The van der Waals surface area contributed by atoms with Crippen LogP contribution in [0.1, 0.15) is 17.7 Å². The smallest absolute Gasteiger partial charge is 0.223 e. The molecule has 4 aromatic rings. The van der Waals surface area contributed by atoms with Crippen LogP contribution in [0, 0.1) is 5.92 Å². The molecule has 1 aromatic carbocycles. The summed E-state index contributed by atoms with van der Waals surface area (Å²) in [4.78, 5) is 25.8. The van der Waals surface area contributed by atoms with Crippen molar-refractivity contribution in [2.45, 2.75) is 25.9 Å². The molecule has 150 valence electrons. The van der Waals surface area contributed by atoms with Crippen LogP contribution in [0.25, 0.3) is 17.2 Å². The maximum atomic E-state index is 12.7. The van der Waals surface area contributed by atoms with Crippen molar-refractivity contribution >= 4 is 5.91 Å². The Kier molecular flexibility index (Phi) is 4.85. The highest BCUT2D eigenvalue weighted by Gasteiger charge is 2.26. The molecule has 0 unspecified atom stereocenters. The van der Waals surface area contributed by atoms with Gasteiger partial charge in [0.25, 0.3) is 0 Å². The molecular formula is C23H22N6O. The summed E-state index contributed by atoms with van der Waals surface area (Å²) >= 11 is 0. The van der Waals surface area contributed by atoms with Crippen LogP contribution in [0.3, 0.4) is 0 Å². The van der Waals surface area contributed by atoms with E-state index in [2.05, 4.69) is 37.0 Å². The Morgan fingerprint density at radius 2 is 2.00 bits per heavy atom. The number of pyridine rings is 1. The quantitative estimate of drug-likeness (QED) is 0.561. The summed E-state index contributed by atoms with van der Waals surface area (Å²) in [5.74, 6) is 1.84. The van der Waals surface area contributed by atoms with Crippen LogP contribution in [-0.2, 0) is 24.3 Å². The third kappa shape index (κ3) is 3.61. The molecule has 0 bridgehead atoms. The minimum absolute atomic E-state index is 0.0315. The second-order valence-corrected chi connectivity index (χ2v) is 7.49. The normalized spacial score (nSPS) is 15.5. The SMILES string of the molecule is O=C(NCc1ccc(-n2ccnc2)nc1)[C@@H]1CCn2c(cnc2-c2ccccc2)C1. The average Bonchev–Trinajstić information content (AvgIpc) is 3.48. The standard InChI is InChI=1S/C23H22N6O/c30-23(27-14-17-6-7-21(25-13-17)28-11-9-24-16-28)19-8-10-29-20(12-19)15-26-22(29)18-4-2-1-3-5-18/h1-7,9,11,13,15-16,19H,8,10,12,14H2,(H,27,30)/t19-/m1/s1. The van der Waals surface area contributed by atoms with Crippen LogP contribution in [-0.4, -0.2) is 30.0 Å². The Morgan fingerprint density at radius 1 is 1.10 bits per heavy atom. The number of rotatable bonds is 5. The zero-order chi connectivity index (χ0) is 20.3. The number of amides is 1. The minimum atomic E-state index is -0.0315.